The minimum atomic E-state index is -0.104. The van der Waals surface area contributed by atoms with Crippen molar-refractivity contribution in [1.82, 2.24) is 10.3 Å². The summed E-state index contributed by atoms with van der Waals surface area (Å²) in [5.74, 6) is 1.14. The van der Waals surface area contributed by atoms with E-state index in [1.165, 1.54) is 16.3 Å². The van der Waals surface area contributed by atoms with E-state index >= 15 is 0 Å². The number of rotatable bonds is 8. The van der Waals surface area contributed by atoms with E-state index < -0.39 is 0 Å². The molecule has 1 aliphatic rings. The highest BCUT2D eigenvalue weighted by Gasteiger charge is 2.24. The molecular weight excluding hydrogens is 408 g/mol. The second-order valence-corrected chi connectivity index (χ2v) is 7.95. The molecule has 1 N–H and O–H groups in total. The molecule has 1 aliphatic heterocycles. The van der Waals surface area contributed by atoms with Crippen LogP contribution in [0, 0.1) is 0 Å². The van der Waals surface area contributed by atoms with Crippen LogP contribution in [0.1, 0.15) is 29.3 Å². The van der Waals surface area contributed by atoms with Crippen molar-refractivity contribution in [1.29, 1.82) is 0 Å². The fourth-order valence-electron chi connectivity index (χ4n) is 3.59. The first-order valence-electron chi connectivity index (χ1n) is 9.72. The predicted octanol–water partition coefficient (Wildman–Crippen LogP) is 4.75. The fraction of sp³-hybridized carbons (Fsp3) is 0.409. The van der Waals surface area contributed by atoms with E-state index in [2.05, 4.69) is 40.6 Å². The van der Waals surface area contributed by atoms with Crippen LogP contribution in [-0.4, -0.2) is 38.1 Å². The first-order chi connectivity index (χ1) is 13.8. The van der Waals surface area contributed by atoms with Crippen molar-refractivity contribution in [2.75, 3.05) is 26.9 Å². The number of thiazole rings is 1. The number of fused-ring (bicyclic) bond motifs is 1. The Hall–Kier alpha value is -1.70. The van der Waals surface area contributed by atoms with Gasteiger partial charge in [0.2, 0.25) is 0 Å². The summed E-state index contributed by atoms with van der Waals surface area (Å²) in [4.78, 5) is 4.27. The van der Waals surface area contributed by atoms with E-state index in [1.807, 2.05) is 17.6 Å². The van der Waals surface area contributed by atoms with Gasteiger partial charge in [-0.1, -0.05) is 24.3 Å². The zero-order chi connectivity index (χ0) is 19.2. The third-order valence-electron chi connectivity index (χ3n) is 5.08. The maximum Gasteiger partial charge on any atom is 0.157 e. The predicted molar refractivity (Wildman–Crippen MR) is 119 cm³/mol. The molecule has 0 atom stereocenters. The quantitative estimate of drug-likeness (QED) is 0.518. The number of methoxy groups -OCH3 is 1. The van der Waals surface area contributed by atoms with Crippen LogP contribution < -0.4 is 10.1 Å². The van der Waals surface area contributed by atoms with Crippen LogP contribution in [0.15, 0.2) is 48.0 Å². The van der Waals surface area contributed by atoms with Gasteiger partial charge in [0.05, 0.1) is 20.3 Å². The Morgan fingerprint density at radius 2 is 2.07 bits per heavy atom. The monoisotopic (exact) mass is 434 g/mol. The maximum absolute atomic E-state index is 6.01. The first kappa shape index (κ1) is 22.0. The lowest BCUT2D eigenvalue weighted by Gasteiger charge is -2.30. The van der Waals surface area contributed by atoms with Crippen molar-refractivity contribution in [3.8, 4) is 5.75 Å². The van der Waals surface area contributed by atoms with Crippen LogP contribution in [-0.2, 0) is 16.0 Å². The summed E-state index contributed by atoms with van der Waals surface area (Å²) in [5.41, 5.74) is 1.28. The van der Waals surface area contributed by atoms with Crippen LogP contribution in [0.4, 0.5) is 0 Å². The number of nitrogens with zero attached hydrogens (tertiary/aromatic N) is 1. The topological polar surface area (TPSA) is 52.6 Å². The Labute approximate surface area is 181 Å². The Kier molecular flexibility index (Phi) is 8.27. The van der Waals surface area contributed by atoms with Crippen LogP contribution in [0.25, 0.3) is 10.8 Å². The second-order valence-electron chi connectivity index (χ2n) is 6.97. The third-order valence-corrected chi connectivity index (χ3v) is 5.86. The smallest absolute Gasteiger partial charge is 0.157 e. The van der Waals surface area contributed by atoms with Gasteiger partial charge in [-0.3, -0.25) is 0 Å². The van der Waals surface area contributed by atoms with Gasteiger partial charge in [0.1, 0.15) is 10.8 Å². The molecule has 0 bridgehead atoms. The van der Waals surface area contributed by atoms with Gasteiger partial charge < -0.3 is 19.5 Å². The Morgan fingerprint density at radius 1 is 1.21 bits per heavy atom. The van der Waals surface area contributed by atoms with Crippen LogP contribution in [0.2, 0.25) is 0 Å². The zero-order valence-electron chi connectivity index (χ0n) is 16.5. The zero-order valence-corrected chi connectivity index (χ0v) is 18.1. The molecule has 156 valence electrons. The molecule has 0 aliphatic carbocycles. The molecule has 5 nitrogen and oxygen atoms in total. The number of nitrogens with one attached hydrogen (secondary N) is 1. The number of ether oxygens (including phenoxy) is 3. The highest BCUT2D eigenvalue weighted by atomic mass is 35.5. The van der Waals surface area contributed by atoms with Gasteiger partial charge in [0, 0.05) is 24.0 Å². The van der Waals surface area contributed by atoms with E-state index in [9.17, 15) is 0 Å². The molecule has 29 heavy (non-hydrogen) atoms. The largest absolute Gasteiger partial charge is 0.497 e. The number of halogens is 1. The van der Waals surface area contributed by atoms with Crippen molar-refractivity contribution >= 4 is 34.5 Å². The molecule has 0 saturated carbocycles. The van der Waals surface area contributed by atoms with Gasteiger partial charge in [-0.15, -0.1) is 23.7 Å². The number of benzene rings is 2. The van der Waals surface area contributed by atoms with E-state index in [0.29, 0.717) is 13.2 Å². The van der Waals surface area contributed by atoms with Crippen LogP contribution in [0.3, 0.4) is 0 Å². The van der Waals surface area contributed by atoms with Crippen molar-refractivity contribution < 1.29 is 14.2 Å². The molecule has 0 radical (unpaired) electrons. The molecule has 0 unspecified atom stereocenters. The standard InChI is InChI=1S/C22H26N2O3S.ClH/c1-25-18-7-8-20-16(12-18)4-2-5-19(20)17-14-26-22(27-15-17)6-3-9-23-13-21-24-10-11-28-21;/h2,4-5,7-8,10-12,17,22-23H,3,6,9,13-15H2,1H3;1H. The summed E-state index contributed by atoms with van der Waals surface area (Å²) >= 11 is 1.68. The molecule has 7 heteroatoms. The second kappa shape index (κ2) is 10.9. The van der Waals surface area contributed by atoms with Crippen molar-refractivity contribution in [2.24, 2.45) is 0 Å². The van der Waals surface area contributed by atoms with Crippen molar-refractivity contribution in [3.63, 3.8) is 0 Å². The van der Waals surface area contributed by atoms with E-state index in [-0.39, 0.29) is 24.6 Å². The lowest BCUT2D eigenvalue weighted by atomic mass is 9.94. The summed E-state index contributed by atoms with van der Waals surface area (Å²) < 4.78 is 17.4. The SMILES string of the molecule is COc1ccc2c(C3COC(CCCNCc4nccs4)OC3)cccc2c1.Cl. The highest BCUT2D eigenvalue weighted by molar-refractivity contribution is 7.09. The van der Waals surface area contributed by atoms with Crippen molar-refractivity contribution in [2.45, 2.75) is 31.6 Å². The lowest BCUT2D eigenvalue weighted by Crippen LogP contribution is -2.31. The fourth-order valence-corrected chi connectivity index (χ4v) is 4.17. The van der Waals surface area contributed by atoms with Crippen LogP contribution >= 0.6 is 23.7 Å². The number of hydrogen-bond donors (Lipinski definition) is 1. The van der Waals surface area contributed by atoms with Gasteiger partial charge >= 0.3 is 0 Å². The van der Waals surface area contributed by atoms with Gasteiger partial charge in [0.25, 0.3) is 0 Å². The molecule has 2 heterocycles. The first-order valence-corrected chi connectivity index (χ1v) is 10.6. The molecule has 1 saturated heterocycles. The average molecular weight is 435 g/mol. The minimum absolute atomic E-state index is 0. The van der Waals surface area contributed by atoms with E-state index in [1.54, 1.807) is 18.4 Å². The normalized spacial score (nSPS) is 19.1. The molecule has 0 spiro atoms. The summed E-state index contributed by atoms with van der Waals surface area (Å²) in [6.45, 7) is 3.17. The molecule has 1 aromatic heterocycles. The molecule has 3 aromatic rings. The van der Waals surface area contributed by atoms with Gasteiger partial charge in [-0.2, -0.15) is 0 Å². The summed E-state index contributed by atoms with van der Waals surface area (Å²) in [5, 5.41) is 8.97. The Bertz CT molecular complexity index is 883. The Balaban J connectivity index is 0.00000240. The lowest BCUT2D eigenvalue weighted by molar-refractivity contribution is -0.189. The summed E-state index contributed by atoms with van der Waals surface area (Å²) in [6, 6.07) is 12.6. The Morgan fingerprint density at radius 3 is 2.83 bits per heavy atom. The van der Waals surface area contributed by atoms with Gasteiger partial charge in [-0.25, -0.2) is 4.98 Å². The van der Waals surface area contributed by atoms with Gasteiger partial charge in [0.15, 0.2) is 6.29 Å². The molecule has 0 amide bonds. The maximum atomic E-state index is 6.01. The molecule has 4 rings (SSSR count). The highest BCUT2D eigenvalue weighted by Crippen LogP contribution is 2.31. The third kappa shape index (κ3) is 5.68. The van der Waals surface area contributed by atoms with Gasteiger partial charge in [-0.05, 0) is 47.9 Å². The summed E-state index contributed by atoms with van der Waals surface area (Å²) in [6.07, 6.45) is 3.67. The molecule has 2 aromatic carbocycles. The average Bonchev–Trinajstić information content (AvgIpc) is 3.27. The number of aromatic nitrogens is 1. The molecular formula is C22H27ClN2O3S. The minimum Gasteiger partial charge on any atom is -0.497 e. The van der Waals surface area contributed by atoms with Crippen molar-refractivity contribution in [3.05, 3.63) is 58.5 Å². The van der Waals surface area contributed by atoms with E-state index in [4.69, 9.17) is 14.2 Å². The molecule has 1 fully saturated rings. The summed E-state index contributed by atoms with van der Waals surface area (Å²) in [7, 11) is 1.70. The van der Waals surface area contributed by atoms with E-state index in [0.717, 1.165) is 36.7 Å². The van der Waals surface area contributed by atoms with Crippen LogP contribution in [0.5, 0.6) is 5.75 Å². The number of hydrogen-bond acceptors (Lipinski definition) is 6.